The summed E-state index contributed by atoms with van der Waals surface area (Å²) in [5, 5.41) is 0. The minimum absolute atomic E-state index is 0.141. The van der Waals surface area contributed by atoms with Gasteiger partial charge in [-0.15, -0.1) is 0 Å². The molecular weight excluding hydrogens is 226 g/mol. The summed E-state index contributed by atoms with van der Waals surface area (Å²) in [4.78, 5) is 14.1. The summed E-state index contributed by atoms with van der Waals surface area (Å²) in [5.74, 6) is 1.01. The number of nitrogens with zero attached hydrogens (tertiary/aromatic N) is 1. The zero-order valence-corrected chi connectivity index (χ0v) is 10.7. The maximum atomic E-state index is 12.1. The molecule has 0 aliphatic rings. The van der Waals surface area contributed by atoms with Crippen molar-refractivity contribution < 1.29 is 9.21 Å². The third kappa shape index (κ3) is 3.08. The summed E-state index contributed by atoms with van der Waals surface area (Å²) < 4.78 is 5.26. The highest BCUT2D eigenvalue weighted by Crippen LogP contribution is 2.10. The fourth-order valence-corrected chi connectivity index (χ4v) is 1.94. The lowest BCUT2D eigenvalue weighted by atomic mass is 10.0. The second-order valence-corrected chi connectivity index (χ2v) is 4.49. The predicted molar refractivity (Wildman–Crippen MR) is 70.6 cm³/mol. The van der Waals surface area contributed by atoms with Crippen molar-refractivity contribution in [3.8, 4) is 0 Å². The van der Waals surface area contributed by atoms with Gasteiger partial charge in [-0.2, -0.15) is 0 Å². The molecule has 0 radical (unpaired) electrons. The van der Waals surface area contributed by atoms with Crippen molar-refractivity contribution >= 4 is 5.78 Å². The lowest BCUT2D eigenvalue weighted by Gasteiger charge is -2.14. The zero-order chi connectivity index (χ0) is 13.0. The normalized spacial score (nSPS) is 10.8. The Kier molecular flexibility index (Phi) is 3.95. The number of hydrogen-bond acceptors (Lipinski definition) is 3. The number of furan rings is 1. The first-order valence-corrected chi connectivity index (χ1v) is 5.96. The van der Waals surface area contributed by atoms with Crippen molar-refractivity contribution in [3.05, 3.63) is 59.5 Å². The second-order valence-electron chi connectivity index (χ2n) is 4.49. The molecule has 94 valence electrons. The average molecular weight is 243 g/mol. The van der Waals surface area contributed by atoms with Crippen LogP contribution in [0.25, 0.3) is 0 Å². The number of ketones is 1. The van der Waals surface area contributed by atoms with Crippen LogP contribution in [0.15, 0.2) is 47.1 Å². The summed E-state index contributed by atoms with van der Waals surface area (Å²) >= 11 is 0. The Morgan fingerprint density at radius 3 is 2.67 bits per heavy atom. The van der Waals surface area contributed by atoms with Gasteiger partial charge in [-0.05, 0) is 31.7 Å². The maximum absolute atomic E-state index is 12.1. The van der Waals surface area contributed by atoms with Gasteiger partial charge in [0.2, 0.25) is 0 Å². The Morgan fingerprint density at radius 2 is 2.00 bits per heavy atom. The van der Waals surface area contributed by atoms with Crippen LogP contribution in [0, 0.1) is 6.92 Å². The lowest BCUT2D eigenvalue weighted by molar-refractivity contribution is 0.0939. The van der Waals surface area contributed by atoms with E-state index in [9.17, 15) is 4.79 Å². The monoisotopic (exact) mass is 243 g/mol. The SMILES string of the molecule is Cc1ccccc1C(=O)CN(C)Cc1ccco1. The minimum Gasteiger partial charge on any atom is -0.468 e. The second kappa shape index (κ2) is 5.65. The van der Waals surface area contributed by atoms with Gasteiger partial charge in [0.1, 0.15) is 5.76 Å². The van der Waals surface area contributed by atoms with Crippen molar-refractivity contribution in [1.29, 1.82) is 0 Å². The molecule has 2 rings (SSSR count). The number of carbonyl (C=O) groups excluding carboxylic acids is 1. The van der Waals surface area contributed by atoms with Crippen LogP contribution in [0.5, 0.6) is 0 Å². The van der Waals surface area contributed by atoms with Crippen molar-refractivity contribution in [2.75, 3.05) is 13.6 Å². The number of Topliss-reactive ketones (excluding diaryl/α,β-unsaturated/α-hetero) is 1. The number of aryl methyl sites for hydroxylation is 1. The molecule has 0 aliphatic heterocycles. The number of hydrogen-bond donors (Lipinski definition) is 0. The van der Waals surface area contributed by atoms with Crippen LogP contribution in [-0.4, -0.2) is 24.3 Å². The van der Waals surface area contributed by atoms with Crippen molar-refractivity contribution in [3.63, 3.8) is 0 Å². The predicted octanol–water partition coefficient (Wildman–Crippen LogP) is 2.90. The highest BCUT2D eigenvalue weighted by Gasteiger charge is 2.12. The number of benzene rings is 1. The number of rotatable bonds is 5. The Hall–Kier alpha value is -1.87. The molecule has 0 saturated heterocycles. The van der Waals surface area contributed by atoms with Crippen LogP contribution in [0.4, 0.5) is 0 Å². The summed E-state index contributed by atoms with van der Waals surface area (Å²) in [6, 6.07) is 11.4. The van der Waals surface area contributed by atoms with Gasteiger partial charge in [0, 0.05) is 5.56 Å². The summed E-state index contributed by atoms with van der Waals surface area (Å²) in [6.45, 7) is 3.00. The molecule has 0 unspecified atom stereocenters. The van der Waals surface area contributed by atoms with Crippen molar-refractivity contribution in [2.24, 2.45) is 0 Å². The quantitative estimate of drug-likeness (QED) is 0.757. The van der Waals surface area contributed by atoms with Crippen molar-refractivity contribution in [1.82, 2.24) is 4.90 Å². The molecule has 1 heterocycles. The van der Waals surface area contributed by atoms with E-state index >= 15 is 0 Å². The highest BCUT2D eigenvalue weighted by molar-refractivity contribution is 5.98. The molecule has 0 amide bonds. The molecule has 1 aromatic carbocycles. The molecule has 3 heteroatoms. The zero-order valence-electron chi connectivity index (χ0n) is 10.7. The van der Waals surface area contributed by atoms with Crippen LogP contribution in [0.2, 0.25) is 0 Å². The third-order valence-corrected chi connectivity index (χ3v) is 2.86. The van der Waals surface area contributed by atoms with E-state index in [1.807, 2.05) is 55.3 Å². The van der Waals surface area contributed by atoms with Gasteiger partial charge in [-0.3, -0.25) is 9.69 Å². The van der Waals surface area contributed by atoms with E-state index in [0.717, 1.165) is 16.9 Å². The maximum Gasteiger partial charge on any atom is 0.177 e. The topological polar surface area (TPSA) is 33.5 Å². The van der Waals surface area contributed by atoms with Crippen LogP contribution >= 0.6 is 0 Å². The highest BCUT2D eigenvalue weighted by atomic mass is 16.3. The van der Waals surface area contributed by atoms with Gasteiger partial charge in [0.25, 0.3) is 0 Å². The first-order chi connectivity index (χ1) is 8.66. The third-order valence-electron chi connectivity index (χ3n) is 2.86. The van der Waals surface area contributed by atoms with Crippen LogP contribution in [-0.2, 0) is 6.54 Å². The summed E-state index contributed by atoms with van der Waals surface area (Å²) in [6.07, 6.45) is 1.65. The molecule has 3 nitrogen and oxygen atoms in total. The van der Waals surface area contributed by atoms with E-state index in [4.69, 9.17) is 4.42 Å². The first kappa shape index (κ1) is 12.6. The Morgan fingerprint density at radius 1 is 1.22 bits per heavy atom. The molecule has 0 aliphatic carbocycles. The molecule has 0 fully saturated rings. The molecular formula is C15H17NO2. The minimum atomic E-state index is 0.141. The molecule has 18 heavy (non-hydrogen) atoms. The van der Waals surface area contributed by atoms with Gasteiger partial charge < -0.3 is 4.42 Å². The van der Waals surface area contributed by atoms with Crippen molar-refractivity contribution in [2.45, 2.75) is 13.5 Å². The van der Waals surface area contributed by atoms with Gasteiger partial charge in [0.15, 0.2) is 5.78 Å². The Balaban J connectivity index is 1.97. The molecule has 2 aromatic rings. The van der Waals surface area contributed by atoms with E-state index in [1.165, 1.54) is 0 Å². The smallest absolute Gasteiger partial charge is 0.177 e. The molecule has 0 spiro atoms. The number of likely N-dealkylation sites (N-methyl/N-ethyl adjacent to an activating group) is 1. The van der Waals surface area contributed by atoms with E-state index in [2.05, 4.69) is 0 Å². The molecule has 0 bridgehead atoms. The van der Waals surface area contributed by atoms with E-state index in [0.29, 0.717) is 13.1 Å². The number of carbonyl (C=O) groups is 1. The molecule has 0 N–H and O–H groups in total. The first-order valence-electron chi connectivity index (χ1n) is 5.96. The Labute approximate surface area is 107 Å². The fourth-order valence-electron chi connectivity index (χ4n) is 1.94. The Bertz CT molecular complexity index is 517. The van der Waals surface area contributed by atoms with Gasteiger partial charge >= 0.3 is 0 Å². The van der Waals surface area contributed by atoms with Gasteiger partial charge in [-0.25, -0.2) is 0 Å². The van der Waals surface area contributed by atoms with Gasteiger partial charge in [0.05, 0.1) is 19.4 Å². The van der Waals surface area contributed by atoms with Crippen LogP contribution in [0.1, 0.15) is 21.7 Å². The van der Waals surface area contributed by atoms with Gasteiger partial charge in [-0.1, -0.05) is 24.3 Å². The standard InChI is InChI=1S/C15H17NO2/c1-12-6-3-4-8-14(12)15(17)11-16(2)10-13-7-5-9-18-13/h3-9H,10-11H2,1-2H3. The lowest BCUT2D eigenvalue weighted by Crippen LogP contribution is -2.25. The van der Waals surface area contributed by atoms with E-state index < -0.39 is 0 Å². The molecule has 0 atom stereocenters. The summed E-state index contributed by atoms with van der Waals surface area (Å²) in [7, 11) is 1.92. The average Bonchev–Trinajstić information content (AvgIpc) is 2.82. The molecule has 1 aromatic heterocycles. The van der Waals surface area contributed by atoms with Crippen LogP contribution < -0.4 is 0 Å². The van der Waals surface area contributed by atoms with E-state index in [1.54, 1.807) is 6.26 Å². The van der Waals surface area contributed by atoms with Crippen LogP contribution in [0.3, 0.4) is 0 Å². The molecule has 0 saturated carbocycles. The summed E-state index contributed by atoms with van der Waals surface area (Å²) in [5.41, 5.74) is 1.82. The van der Waals surface area contributed by atoms with E-state index in [-0.39, 0.29) is 5.78 Å². The fraction of sp³-hybridized carbons (Fsp3) is 0.267. The largest absolute Gasteiger partial charge is 0.468 e.